The Hall–Kier alpha value is -0.330. The van der Waals surface area contributed by atoms with E-state index >= 15 is 0 Å². The molecule has 5 rings (SSSR count). The molecular formula is C17H24O. The fraction of sp³-hybridized carbons (Fsp3) is 0.941. The van der Waals surface area contributed by atoms with Crippen LogP contribution in [-0.4, -0.2) is 5.78 Å². The molecule has 8 unspecified atom stereocenters. The van der Waals surface area contributed by atoms with Crippen LogP contribution in [0.2, 0.25) is 0 Å². The molecule has 0 aromatic heterocycles. The van der Waals surface area contributed by atoms with Gasteiger partial charge in [-0.3, -0.25) is 4.79 Å². The van der Waals surface area contributed by atoms with E-state index in [1.165, 1.54) is 51.4 Å². The van der Waals surface area contributed by atoms with E-state index in [1.54, 1.807) is 0 Å². The Balaban J connectivity index is 1.60. The van der Waals surface area contributed by atoms with Gasteiger partial charge in [0.15, 0.2) is 0 Å². The van der Waals surface area contributed by atoms with Crippen molar-refractivity contribution in [2.24, 2.45) is 47.3 Å². The zero-order valence-corrected chi connectivity index (χ0v) is 11.2. The summed E-state index contributed by atoms with van der Waals surface area (Å²) in [6, 6.07) is 0. The van der Waals surface area contributed by atoms with Gasteiger partial charge in [0.1, 0.15) is 5.78 Å². The normalized spacial score (nSPS) is 60.8. The number of Topliss-reactive ketones (excluding diaryl/α,β-unsaturated/α-hetero) is 1. The van der Waals surface area contributed by atoms with Gasteiger partial charge in [0.2, 0.25) is 0 Å². The Labute approximate surface area is 110 Å². The molecule has 1 heteroatoms. The molecular weight excluding hydrogens is 220 g/mol. The molecule has 1 nitrogen and oxygen atoms in total. The van der Waals surface area contributed by atoms with Crippen LogP contribution in [0.4, 0.5) is 0 Å². The Kier molecular flexibility index (Phi) is 1.98. The summed E-state index contributed by atoms with van der Waals surface area (Å²) in [4.78, 5) is 12.8. The van der Waals surface area contributed by atoms with Crippen LogP contribution in [0.5, 0.6) is 0 Å². The summed E-state index contributed by atoms with van der Waals surface area (Å²) in [7, 11) is 0. The summed E-state index contributed by atoms with van der Waals surface area (Å²) in [5, 5.41) is 0. The molecule has 0 N–H and O–H groups in total. The van der Waals surface area contributed by atoms with Gasteiger partial charge in [0.05, 0.1) is 0 Å². The van der Waals surface area contributed by atoms with Gasteiger partial charge < -0.3 is 0 Å². The molecule has 6 bridgehead atoms. The first-order chi connectivity index (χ1) is 8.84. The SMILES string of the molecule is O=C1C2CCCCC1C1CC2C2C3CCC(C3)C12. The summed E-state index contributed by atoms with van der Waals surface area (Å²) >= 11 is 0. The van der Waals surface area contributed by atoms with Crippen LogP contribution in [0.3, 0.4) is 0 Å². The number of carbonyl (C=O) groups excluding carboxylic acids is 1. The second kappa shape index (κ2) is 3.41. The highest BCUT2D eigenvalue weighted by Crippen LogP contribution is 2.68. The van der Waals surface area contributed by atoms with Crippen LogP contribution in [0.25, 0.3) is 0 Å². The van der Waals surface area contributed by atoms with Crippen LogP contribution in [0, 0.1) is 47.3 Å². The molecule has 0 aromatic rings. The molecule has 0 heterocycles. The Morgan fingerprint density at radius 1 is 0.722 bits per heavy atom. The lowest BCUT2D eigenvalue weighted by Gasteiger charge is -2.34. The van der Waals surface area contributed by atoms with E-state index in [0.717, 1.165) is 41.3 Å². The monoisotopic (exact) mass is 244 g/mol. The van der Waals surface area contributed by atoms with Gasteiger partial charge in [-0.2, -0.15) is 0 Å². The van der Waals surface area contributed by atoms with Gasteiger partial charge in [0.25, 0.3) is 0 Å². The van der Waals surface area contributed by atoms with Crippen LogP contribution < -0.4 is 0 Å². The molecule has 5 aliphatic carbocycles. The highest BCUT2D eigenvalue weighted by molar-refractivity contribution is 5.85. The Morgan fingerprint density at radius 2 is 1.28 bits per heavy atom. The topological polar surface area (TPSA) is 17.1 Å². The first-order valence-electron chi connectivity index (χ1n) is 8.38. The van der Waals surface area contributed by atoms with Crippen molar-refractivity contribution in [2.75, 3.05) is 0 Å². The predicted molar refractivity (Wildman–Crippen MR) is 69.9 cm³/mol. The molecule has 0 radical (unpaired) electrons. The van der Waals surface area contributed by atoms with Crippen molar-refractivity contribution in [2.45, 2.75) is 51.4 Å². The zero-order valence-electron chi connectivity index (χ0n) is 11.2. The molecule has 0 aliphatic heterocycles. The molecule has 0 spiro atoms. The van der Waals surface area contributed by atoms with E-state index < -0.39 is 0 Å². The third kappa shape index (κ3) is 1.09. The second-order valence-corrected chi connectivity index (χ2v) is 7.95. The average molecular weight is 244 g/mol. The van der Waals surface area contributed by atoms with Crippen LogP contribution >= 0.6 is 0 Å². The van der Waals surface area contributed by atoms with E-state index in [2.05, 4.69) is 0 Å². The molecule has 5 saturated carbocycles. The number of rotatable bonds is 0. The smallest absolute Gasteiger partial charge is 0.139 e. The predicted octanol–water partition coefficient (Wildman–Crippen LogP) is 3.67. The summed E-state index contributed by atoms with van der Waals surface area (Å²) in [5.41, 5.74) is 0. The minimum atomic E-state index is 0.503. The molecule has 8 atom stereocenters. The van der Waals surface area contributed by atoms with Crippen molar-refractivity contribution in [3.63, 3.8) is 0 Å². The van der Waals surface area contributed by atoms with Gasteiger partial charge in [-0.15, -0.1) is 0 Å². The van der Waals surface area contributed by atoms with Crippen molar-refractivity contribution in [3.8, 4) is 0 Å². The molecule has 0 aromatic carbocycles. The number of fused-ring (bicyclic) bond motifs is 13. The summed E-state index contributed by atoms with van der Waals surface area (Å²) < 4.78 is 0. The van der Waals surface area contributed by atoms with Crippen molar-refractivity contribution < 1.29 is 4.79 Å². The molecule has 5 fully saturated rings. The largest absolute Gasteiger partial charge is 0.299 e. The highest BCUT2D eigenvalue weighted by atomic mass is 16.1. The van der Waals surface area contributed by atoms with Crippen LogP contribution in [0.15, 0.2) is 0 Å². The molecule has 0 saturated heterocycles. The van der Waals surface area contributed by atoms with Crippen molar-refractivity contribution in [1.82, 2.24) is 0 Å². The zero-order chi connectivity index (χ0) is 11.9. The van der Waals surface area contributed by atoms with Crippen molar-refractivity contribution in [3.05, 3.63) is 0 Å². The Bertz CT molecular complexity index is 366. The number of hydrogen-bond donors (Lipinski definition) is 0. The van der Waals surface area contributed by atoms with E-state index in [1.807, 2.05) is 0 Å². The fourth-order valence-corrected chi connectivity index (χ4v) is 7.28. The van der Waals surface area contributed by atoms with Crippen molar-refractivity contribution >= 4 is 5.78 Å². The lowest BCUT2D eigenvalue weighted by Crippen LogP contribution is -2.37. The van der Waals surface area contributed by atoms with Gasteiger partial charge in [-0.25, -0.2) is 0 Å². The van der Waals surface area contributed by atoms with E-state index in [9.17, 15) is 4.79 Å². The summed E-state index contributed by atoms with van der Waals surface area (Å²) in [5.74, 6) is 7.44. The van der Waals surface area contributed by atoms with Gasteiger partial charge >= 0.3 is 0 Å². The standard InChI is InChI=1S/C17H24O/c18-17-11-3-1-2-4-12(17)14-8-13(11)15-9-5-6-10(7-9)16(14)15/h9-16H,1-8H2. The molecule has 5 aliphatic rings. The lowest BCUT2D eigenvalue weighted by molar-refractivity contribution is -0.132. The van der Waals surface area contributed by atoms with Crippen LogP contribution in [-0.2, 0) is 4.79 Å². The first kappa shape index (κ1) is 10.5. The minimum Gasteiger partial charge on any atom is -0.299 e. The first-order valence-corrected chi connectivity index (χ1v) is 8.38. The average Bonchev–Trinajstić information content (AvgIpc) is 3.03. The highest BCUT2D eigenvalue weighted by Gasteiger charge is 2.64. The lowest BCUT2D eigenvalue weighted by atomic mass is 9.69. The molecule has 18 heavy (non-hydrogen) atoms. The number of carbonyl (C=O) groups is 1. The summed E-state index contributed by atoms with van der Waals surface area (Å²) in [6.45, 7) is 0. The maximum absolute atomic E-state index is 12.8. The third-order valence-electron chi connectivity index (χ3n) is 7.62. The second-order valence-electron chi connectivity index (χ2n) is 7.95. The summed E-state index contributed by atoms with van der Waals surface area (Å²) in [6.07, 6.45) is 11.1. The van der Waals surface area contributed by atoms with E-state index in [-0.39, 0.29) is 0 Å². The third-order valence-corrected chi connectivity index (χ3v) is 7.62. The number of hydrogen-bond acceptors (Lipinski definition) is 1. The van der Waals surface area contributed by atoms with Gasteiger partial charge in [0, 0.05) is 11.8 Å². The maximum atomic E-state index is 12.8. The van der Waals surface area contributed by atoms with Crippen LogP contribution in [0.1, 0.15) is 51.4 Å². The molecule has 98 valence electrons. The maximum Gasteiger partial charge on any atom is 0.139 e. The molecule has 0 amide bonds. The van der Waals surface area contributed by atoms with Gasteiger partial charge in [-0.1, -0.05) is 12.8 Å². The Morgan fingerprint density at radius 3 is 1.83 bits per heavy atom. The quantitative estimate of drug-likeness (QED) is 0.594. The van der Waals surface area contributed by atoms with Crippen molar-refractivity contribution in [1.29, 1.82) is 0 Å². The minimum absolute atomic E-state index is 0.503. The van der Waals surface area contributed by atoms with Gasteiger partial charge in [-0.05, 0) is 74.0 Å². The van der Waals surface area contributed by atoms with E-state index in [0.29, 0.717) is 11.8 Å². The number of ketones is 1. The van der Waals surface area contributed by atoms with E-state index in [4.69, 9.17) is 0 Å². The fourth-order valence-electron chi connectivity index (χ4n) is 7.28.